The van der Waals surface area contributed by atoms with E-state index in [1.54, 1.807) is 18.3 Å². The van der Waals surface area contributed by atoms with E-state index >= 15 is 0 Å². The molecular weight excluding hydrogens is 502 g/mol. The Labute approximate surface area is 219 Å². The zero-order valence-corrected chi connectivity index (χ0v) is 21.3. The molecule has 38 heavy (non-hydrogen) atoms. The minimum atomic E-state index is -3.49. The lowest BCUT2D eigenvalue weighted by Crippen LogP contribution is -2.26. The fourth-order valence-electron chi connectivity index (χ4n) is 5.41. The summed E-state index contributed by atoms with van der Waals surface area (Å²) in [6.07, 6.45) is 4.77. The van der Waals surface area contributed by atoms with Gasteiger partial charge in [-0.05, 0) is 65.8 Å². The van der Waals surface area contributed by atoms with Gasteiger partial charge in [0.15, 0.2) is 9.84 Å². The molecule has 2 unspecified atom stereocenters. The van der Waals surface area contributed by atoms with Crippen molar-refractivity contribution in [3.63, 3.8) is 0 Å². The average molecular weight is 528 g/mol. The molecule has 9 nitrogen and oxygen atoms in total. The second-order valence-electron chi connectivity index (χ2n) is 10.0. The van der Waals surface area contributed by atoms with E-state index in [0.717, 1.165) is 29.1 Å². The Hall–Kier alpha value is -3.89. The summed E-state index contributed by atoms with van der Waals surface area (Å²) in [5.41, 5.74) is 3.59. The Morgan fingerprint density at radius 1 is 1.13 bits per heavy atom. The molecule has 3 aromatic heterocycles. The summed E-state index contributed by atoms with van der Waals surface area (Å²) in [7, 11) is -3.49. The van der Waals surface area contributed by atoms with Gasteiger partial charge >= 0.3 is 0 Å². The number of hydrogen-bond acceptors (Lipinski definition) is 8. The summed E-state index contributed by atoms with van der Waals surface area (Å²) in [6.45, 7) is 1.45. The maximum absolute atomic E-state index is 12.9. The van der Waals surface area contributed by atoms with Crippen molar-refractivity contribution >= 4 is 38.3 Å². The number of carbonyl (C=O) groups excluding carboxylic acids is 1. The van der Waals surface area contributed by atoms with Crippen molar-refractivity contribution in [3.8, 4) is 0 Å². The predicted molar refractivity (Wildman–Crippen MR) is 141 cm³/mol. The third-order valence-electron chi connectivity index (χ3n) is 7.55. The number of fused-ring (bicyclic) bond motifs is 5. The van der Waals surface area contributed by atoms with Crippen molar-refractivity contribution in [2.75, 3.05) is 23.8 Å². The van der Waals surface area contributed by atoms with Crippen LogP contribution in [0.1, 0.15) is 39.5 Å². The molecular formula is C28H25N5O4S. The van der Waals surface area contributed by atoms with Gasteiger partial charge in [0.2, 0.25) is 0 Å². The number of anilines is 2. The average Bonchev–Trinajstić information content (AvgIpc) is 3.75. The van der Waals surface area contributed by atoms with Crippen LogP contribution in [0.2, 0.25) is 0 Å². The number of aromatic nitrogens is 3. The number of hydrogen-bond donors (Lipinski definition) is 1. The molecule has 5 heterocycles. The molecule has 0 saturated heterocycles. The fourth-order valence-corrected chi connectivity index (χ4v) is 6.80. The van der Waals surface area contributed by atoms with Crippen LogP contribution in [0.15, 0.2) is 65.8 Å². The Bertz CT molecular complexity index is 1710. The van der Waals surface area contributed by atoms with Crippen molar-refractivity contribution in [2.45, 2.75) is 30.4 Å². The van der Waals surface area contributed by atoms with E-state index in [-0.39, 0.29) is 41.9 Å². The molecule has 1 aliphatic carbocycles. The standard InChI is InChI=1S/C28H25N5O4S/c34-28(17-3-4-19-16-37-8-9-38(35,36)25(19)11-17)31-14-21-12-24-18(13-30-21)5-6-26(32-24)33-15-20-10-23(20)22-2-1-7-29-27(22)33/h1-7,11-13,20,23H,8-10,14-16H2,(H,31,34). The largest absolute Gasteiger partial charge is 0.376 e. The normalized spacial score (nSPS) is 21.1. The van der Waals surface area contributed by atoms with Crippen LogP contribution in [-0.4, -0.2) is 48.2 Å². The summed E-state index contributed by atoms with van der Waals surface area (Å²) in [6, 6.07) is 14.7. The topological polar surface area (TPSA) is 114 Å². The molecule has 0 spiro atoms. The highest BCUT2D eigenvalue weighted by Crippen LogP contribution is 2.55. The first kappa shape index (κ1) is 23.2. The second kappa shape index (κ2) is 8.85. The monoisotopic (exact) mass is 527 g/mol. The molecule has 0 radical (unpaired) electrons. The van der Waals surface area contributed by atoms with Crippen molar-refractivity contribution in [3.05, 3.63) is 83.3 Å². The van der Waals surface area contributed by atoms with E-state index in [9.17, 15) is 13.2 Å². The Kier molecular flexibility index (Phi) is 5.41. The lowest BCUT2D eigenvalue weighted by Gasteiger charge is -2.28. The Balaban J connectivity index is 1.12. The van der Waals surface area contributed by atoms with Crippen molar-refractivity contribution < 1.29 is 17.9 Å². The van der Waals surface area contributed by atoms with Crippen LogP contribution in [-0.2, 0) is 27.7 Å². The first-order valence-corrected chi connectivity index (χ1v) is 14.3. The second-order valence-corrected chi connectivity index (χ2v) is 12.1. The predicted octanol–water partition coefficient (Wildman–Crippen LogP) is 3.51. The van der Waals surface area contributed by atoms with Crippen LogP contribution in [0, 0.1) is 5.92 Å². The minimum absolute atomic E-state index is 0.0958. The van der Waals surface area contributed by atoms with Crippen LogP contribution in [0.25, 0.3) is 10.9 Å². The Morgan fingerprint density at radius 3 is 2.97 bits per heavy atom. The molecule has 1 fully saturated rings. The third kappa shape index (κ3) is 4.10. The maximum atomic E-state index is 12.9. The first-order valence-electron chi connectivity index (χ1n) is 12.7. The van der Waals surface area contributed by atoms with Crippen LogP contribution in [0.4, 0.5) is 11.6 Å². The number of sulfone groups is 1. The lowest BCUT2D eigenvalue weighted by molar-refractivity contribution is 0.0950. The van der Waals surface area contributed by atoms with E-state index in [1.807, 2.05) is 30.5 Å². The molecule has 2 aliphatic heterocycles. The summed E-state index contributed by atoms with van der Waals surface area (Å²) in [5.74, 6) is 2.62. The van der Waals surface area contributed by atoms with Gasteiger partial charge in [-0.2, -0.15) is 0 Å². The van der Waals surface area contributed by atoms with E-state index in [4.69, 9.17) is 9.72 Å². The first-order chi connectivity index (χ1) is 18.5. The number of pyridine rings is 3. The summed E-state index contributed by atoms with van der Waals surface area (Å²) in [5, 5.41) is 3.76. The van der Waals surface area contributed by atoms with Gasteiger partial charge in [-0.3, -0.25) is 9.78 Å². The highest BCUT2D eigenvalue weighted by molar-refractivity contribution is 7.91. The van der Waals surface area contributed by atoms with Crippen molar-refractivity contribution in [2.24, 2.45) is 5.92 Å². The highest BCUT2D eigenvalue weighted by atomic mass is 32.2. The van der Waals surface area contributed by atoms with Gasteiger partial charge in [0.1, 0.15) is 11.6 Å². The van der Waals surface area contributed by atoms with Gasteiger partial charge in [-0.15, -0.1) is 0 Å². The number of nitrogens with zero attached hydrogens (tertiary/aromatic N) is 4. The van der Waals surface area contributed by atoms with Gasteiger partial charge in [-0.1, -0.05) is 12.1 Å². The molecule has 1 saturated carbocycles. The quantitative estimate of drug-likeness (QED) is 0.429. The maximum Gasteiger partial charge on any atom is 0.251 e. The molecule has 1 amide bonds. The smallest absolute Gasteiger partial charge is 0.251 e. The third-order valence-corrected chi connectivity index (χ3v) is 9.31. The molecule has 0 bridgehead atoms. The summed E-state index contributed by atoms with van der Waals surface area (Å²) < 4.78 is 30.5. The molecule has 10 heteroatoms. The van der Waals surface area contributed by atoms with Crippen molar-refractivity contribution in [1.29, 1.82) is 0 Å². The van der Waals surface area contributed by atoms with Gasteiger partial charge in [-0.25, -0.2) is 18.4 Å². The van der Waals surface area contributed by atoms with Gasteiger partial charge in [0.05, 0.1) is 41.6 Å². The number of ether oxygens (including phenoxy) is 1. The van der Waals surface area contributed by atoms with Crippen LogP contribution >= 0.6 is 0 Å². The minimum Gasteiger partial charge on any atom is -0.376 e. The zero-order valence-electron chi connectivity index (χ0n) is 20.5. The molecule has 7 rings (SSSR count). The van der Waals surface area contributed by atoms with Gasteiger partial charge < -0.3 is 15.0 Å². The van der Waals surface area contributed by atoms with Gasteiger partial charge in [0, 0.05) is 29.9 Å². The number of benzene rings is 1. The molecule has 2 atom stereocenters. The van der Waals surface area contributed by atoms with Crippen molar-refractivity contribution in [1.82, 2.24) is 20.3 Å². The number of rotatable bonds is 4. The SMILES string of the molecule is O=C(NCc1cc2nc(N3CC4CC4c4cccnc43)ccc2cn1)c1ccc2c(c1)S(=O)(=O)CCOC2. The number of carbonyl (C=O) groups is 1. The van der Waals surface area contributed by atoms with Gasteiger partial charge in [0.25, 0.3) is 5.91 Å². The van der Waals surface area contributed by atoms with E-state index in [2.05, 4.69) is 26.3 Å². The van der Waals surface area contributed by atoms with Crippen LogP contribution < -0.4 is 10.2 Å². The Morgan fingerprint density at radius 2 is 2.05 bits per heavy atom. The van der Waals surface area contributed by atoms with E-state index in [0.29, 0.717) is 23.1 Å². The summed E-state index contributed by atoms with van der Waals surface area (Å²) in [4.78, 5) is 29.3. The zero-order chi connectivity index (χ0) is 25.9. The molecule has 1 N–H and O–H groups in total. The highest BCUT2D eigenvalue weighted by Gasteiger charge is 2.46. The molecule has 3 aliphatic rings. The molecule has 1 aromatic carbocycles. The number of nitrogens with one attached hydrogen (secondary N) is 1. The fraction of sp³-hybridized carbons (Fsp3) is 0.286. The van der Waals surface area contributed by atoms with E-state index < -0.39 is 9.84 Å². The van der Waals surface area contributed by atoms with Crippen LogP contribution in [0.5, 0.6) is 0 Å². The van der Waals surface area contributed by atoms with E-state index in [1.165, 1.54) is 18.1 Å². The number of amides is 1. The lowest BCUT2D eigenvalue weighted by atomic mass is 10.1. The summed E-state index contributed by atoms with van der Waals surface area (Å²) >= 11 is 0. The molecule has 192 valence electrons. The molecule has 4 aromatic rings. The van der Waals surface area contributed by atoms with Crippen LogP contribution in [0.3, 0.4) is 0 Å².